The second-order valence-electron chi connectivity index (χ2n) is 4.76. The van der Waals surface area contributed by atoms with Gasteiger partial charge in [-0.15, -0.1) is 0 Å². The van der Waals surface area contributed by atoms with Crippen molar-refractivity contribution in [3.05, 3.63) is 53.6 Å². The summed E-state index contributed by atoms with van der Waals surface area (Å²) in [6, 6.07) is 12.2. The van der Waals surface area contributed by atoms with Crippen LogP contribution in [0.4, 0.5) is 14.5 Å². The molecule has 0 heterocycles. The van der Waals surface area contributed by atoms with E-state index >= 15 is 0 Å². The number of anilines is 1. The molecule has 0 unspecified atom stereocenters. The Morgan fingerprint density at radius 3 is 2.61 bits per heavy atom. The summed E-state index contributed by atoms with van der Waals surface area (Å²) in [5.41, 5.74) is 2.46. The lowest BCUT2D eigenvalue weighted by molar-refractivity contribution is -0.0514. The van der Waals surface area contributed by atoms with Gasteiger partial charge in [-0.05, 0) is 30.7 Å². The number of hydrogen-bond acceptors (Lipinski definition) is 4. The van der Waals surface area contributed by atoms with Crippen LogP contribution in [0, 0.1) is 0 Å². The average Bonchev–Trinajstić information content (AvgIpc) is 2.55. The first-order valence-corrected chi connectivity index (χ1v) is 7.27. The van der Waals surface area contributed by atoms with Crippen molar-refractivity contribution in [3.63, 3.8) is 0 Å². The Morgan fingerprint density at radius 1 is 1.13 bits per heavy atom. The monoisotopic (exact) mass is 323 g/mol. The Hall–Kier alpha value is -2.34. The summed E-state index contributed by atoms with van der Waals surface area (Å²) >= 11 is 0. The molecule has 124 valence electrons. The standard InChI is InChI=1S/C17H19F2NO3/c1-2-22-16-9-12(7-8-15(16)23-17(18)19)10-20-14-6-4-3-5-13(14)11-21/h3-9,17,20-21H,2,10-11H2,1H3. The lowest BCUT2D eigenvalue weighted by Crippen LogP contribution is -2.06. The van der Waals surface area contributed by atoms with E-state index in [-0.39, 0.29) is 18.1 Å². The molecule has 0 fully saturated rings. The van der Waals surface area contributed by atoms with E-state index in [2.05, 4.69) is 10.1 Å². The van der Waals surface area contributed by atoms with Crippen LogP contribution in [0.1, 0.15) is 18.1 Å². The average molecular weight is 323 g/mol. The Kier molecular flexibility index (Phi) is 6.17. The van der Waals surface area contributed by atoms with E-state index in [1.54, 1.807) is 19.1 Å². The highest BCUT2D eigenvalue weighted by Crippen LogP contribution is 2.30. The normalized spacial score (nSPS) is 10.7. The van der Waals surface area contributed by atoms with Crippen LogP contribution in [0.5, 0.6) is 11.5 Å². The molecule has 6 heteroatoms. The van der Waals surface area contributed by atoms with Gasteiger partial charge >= 0.3 is 6.61 Å². The van der Waals surface area contributed by atoms with Gasteiger partial charge in [0.1, 0.15) is 0 Å². The summed E-state index contributed by atoms with van der Waals surface area (Å²) in [5.74, 6) is 0.295. The summed E-state index contributed by atoms with van der Waals surface area (Å²) in [6.45, 7) is -0.367. The Bertz CT molecular complexity index is 635. The first-order valence-electron chi connectivity index (χ1n) is 7.27. The number of para-hydroxylation sites is 1. The molecule has 0 bridgehead atoms. The molecule has 0 aromatic heterocycles. The Morgan fingerprint density at radius 2 is 1.91 bits per heavy atom. The zero-order chi connectivity index (χ0) is 16.7. The topological polar surface area (TPSA) is 50.7 Å². The molecule has 0 radical (unpaired) electrons. The maximum Gasteiger partial charge on any atom is 0.387 e. The lowest BCUT2D eigenvalue weighted by atomic mass is 10.1. The summed E-state index contributed by atoms with van der Waals surface area (Å²) < 4.78 is 34.6. The van der Waals surface area contributed by atoms with Crippen LogP contribution >= 0.6 is 0 Å². The number of nitrogens with one attached hydrogen (secondary N) is 1. The molecule has 2 aromatic rings. The van der Waals surface area contributed by atoms with Gasteiger partial charge in [0.05, 0.1) is 13.2 Å². The van der Waals surface area contributed by atoms with Gasteiger partial charge in [0.15, 0.2) is 11.5 Å². The van der Waals surface area contributed by atoms with Crippen LogP contribution in [-0.2, 0) is 13.2 Å². The van der Waals surface area contributed by atoms with E-state index in [1.807, 2.05) is 24.3 Å². The van der Waals surface area contributed by atoms with Crippen molar-refractivity contribution in [1.29, 1.82) is 0 Å². The van der Waals surface area contributed by atoms with E-state index in [1.165, 1.54) is 6.07 Å². The number of halogens is 2. The molecule has 23 heavy (non-hydrogen) atoms. The van der Waals surface area contributed by atoms with E-state index in [0.717, 1.165) is 16.8 Å². The third-order valence-electron chi connectivity index (χ3n) is 3.19. The minimum absolute atomic E-state index is 0.0151. The molecule has 0 aliphatic carbocycles. The van der Waals surface area contributed by atoms with E-state index in [4.69, 9.17) is 4.74 Å². The number of hydrogen-bond donors (Lipinski definition) is 2. The third-order valence-corrected chi connectivity index (χ3v) is 3.19. The van der Waals surface area contributed by atoms with Crippen LogP contribution in [0.3, 0.4) is 0 Å². The van der Waals surface area contributed by atoms with E-state index in [0.29, 0.717) is 13.2 Å². The van der Waals surface area contributed by atoms with Crippen molar-refractivity contribution in [2.45, 2.75) is 26.7 Å². The largest absolute Gasteiger partial charge is 0.490 e. The van der Waals surface area contributed by atoms with Crippen molar-refractivity contribution in [2.24, 2.45) is 0 Å². The van der Waals surface area contributed by atoms with Crippen molar-refractivity contribution in [3.8, 4) is 11.5 Å². The van der Waals surface area contributed by atoms with Crippen molar-refractivity contribution in [1.82, 2.24) is 0 Å². The van der Waals surface area contributed by atoms with Gasteiger partial charge in [0.2, 0.25) is 0 Å². The van der Waals surface area contributed by atoms with Gasteiger partial charge in [-0.3, -0.25) is 0 Å². The van der Waals surface area contributed by atoms with Crippen LogP contribution in [0.2, 0.25) is 0 Å². The third kappa shape index (κ3) is 4.82. The lowest BCUT2D eigenvalue weighted by Gasteiger charge is -2.14. The molecule has 0 aliphatic heterocycles. The molecular formula is C17H19F2NO3. The maximum atomic E-state index is 12.4. The molecule has 4 nitrogen and oxygen atoms in total. The molecule has 2 N–H and O–H groups in total. The fourth-order valence-electron chi connectivity index (χ4n) is 2.15. The first kappa shape index (κ1) is 17.0. The number of alkyl halides is 2. The van der Waals surface area contributed by atoms with E-state index < -0.39 is 6.61 Å². The van der Waals surface area contributed by atoms with Crippen molar-refractivity contribution >= 4 is 5.69 Å². The summed E-state index contributed by atoms with van der Waals surface area (Å²) in [4.78, 5) is 0. The summed E-state index contributed by atoms with van der Waals surface area (Å²) in [7, 11) is 0. The minimum Gasteiger partial charge on any atom is -0.490 e. The fraction of sp³-hybridized carbons (Fsp3) is 0.294. The predicted octanol–water partition coefficient (Wildman–Crippen LogP) is 3.79. The molecule has 0 saturated carbocycles. The molecule has 0 saturated heterocycles. The van der Waals surface area contributed by atoms with Crippen LogP contribution < -0.4 is 14.8 Å². The molecule has 0 atom stereocenters. The quantitative estimate of drug-likeness (QED) is 0.776. The Labute approximate surface area is 133 Å². The van der Waals surface area contributed by atoms with Gasteiger partial charge in [-0.25, -0.2) is 0 Å². The van der Waals surface area contributed by atoms with Crippen molar-refractivity contribution in [2.75, 3.05) is 11.9 Å². The Balaban J connectivity index is 2.12. The molecule has 0 spiro atoms. The molecule has 2 rings (SSSR count). The van der Waals surface area contributed by atoms with Crippen LogP contribution in [-0.4, -0.2) is 18.3 Å². The molecule has 0 amide bonds. The van der Waals surface area contributed by atoms with Gasteiger partial charge in [-0.2, -0.15) is 8.78 Å². The van der Waals surface area contributed by atoms with Crippen molar-refractivity contribution < 1.29 is 23.4 Å². The van der Waals surface area contributed by atoms with Crippen LogP contribution in [0.25, 0.3) is 0 Å². The number of ether oxygens (including phenoxy) is 2. The van der Waals surface area contributed by atoms with Gasteiger partial charge < -0.3 is 19.9 Å². The highest BCUT2D eigenvalue weighted by atomic mass is 19.3. The van der Waals surface area contributed by atoms with Gasteiger partial charge in [0.25, 0.3) is 0 Å². The fourth-order valence-corrected chi connectivity index (χ4v) is 2.15. The van der Waals surface area contributed by atoms with Gasteiger partial charge in [-0.1, -0.05) is 24.3 Å². The van der Waals surface area contributed by atoms with Gasteiger partial charge in [0, 0.05) is 17.8 Å². The maximum absolute atomic E-state index is 12.4. The number of benzene rings is 2. The zero-order valence-corrected chi connectivity index (χ0v) is 12.8. The highest BCUT2D eigenvalue weighted by molar-refractivity contribution is 5.52. The minimum atomic E-state index is -2.89. The highest BCUT2D eigenvalue weighted by Gasteiger charge is 2.11. The number of aliphatic hydroxyl groups excluding tert-OH is 1. The SMILES string of the molecule is CCOc1cc(CNc2ccccc2CO)ccc1OC(F)F. The zero-order valence-electron chi connectivity index (χ0n) is 12.8. The molecule has 0 aliphatic rings. The predicted molar refractivity (Wildman–Crippen MR) is 83.9 cm³/mol. The second kappa shape index (κ2) is 8.33. The number of aliphatic hydroxyl groups is 1. The molecular weight excluding hydrogens is 304 g/mol. The molecule has 2 aromatic carbocycles. The van der Waals surface area contributed by atoms with E-state index in [9.17, 15) is 13.9 Å². The smallest absolute Gasteiger partial charge is 0.387 e. The summed E-state index contributed by atoms with van der Waals surface area (Å²) in [5, 5.41) is 12.5. The number of rotatable bonds is 8. The van der Waals surface area contributed by atoms with Crippen LogP contribution in [0.15, 0.2) is 42.5 Å². The summed E-state index contributed by atoms with van der Waals surface area (Å²) in [6.07, 6.45) is 0. The first-order chi connectivity index (χ1) is 11.1. The second-order valence-corrected chi connectivity index (χ2v) is 4.76.